The highest BCUT2D eigenvalue weighted by Gasteiger charge is 2.23. The van der Waals surface area contributed by atoms with E-state index in [0.29, 0.717) is 6.42 Å². The Hall–Kier alpha value is -0.443. The van der Waals surface area contributed by atoms with E-state index >= 15 is 0 Å². The summed E-state index contributed by atoms with van der Waals surface area (Å²) < 4.78 is 0. The SMILES string of the molecule is CC1CCC(=O)[SiH2]C1=O. The van der Waals surface area contributed by atoms with Gasteiger partial charge >= 0.3 is 0 Å². The molecule has 0 saturated carbocycles. The Kier molecular flexibility index (Phi) is 1.80. The molecule has 0 spiro atoms. The molecule has 0 aromatic carbocycles. The predicted molar refractivity (Wildman–Crippen MR) is 37.0 cm³/mol. The molecule has 0 N–H and O–H groups in total. The van der Waals surface area contributed by atoms with Crippen LogP contribution in [0.25, 0.3) is 0 Å². The Balaban J connectivity index is 2.54. The summed E-state index contributed by atoms with van der Waals surface area (Å²) in [5, 5.41) is 0.504. The summed E-state index contributed by atoms with van der Waals surface area (Å²) in [5.74, 6) is 0.189. The molecule has 9 heavy (non-hydrogen) atoms. The van der Waals surface area contributed by atoms with Crippen LogP contribution in [-0.2, 0) is 9.59 Å². The van der Waals surface area contributed by atoms with Crippen molar-refractivity contribution in [1.82, 2.24) is 0 Å². The molecule has 0 aliphatic carbocycles. The van der Waals surface area contributed by atoms with Crippen molar-refractivity contribution in [3.05, 3.63) is 0 Å². The Labute approximate surface area is 56.5 Å². The molecule has 1 rings (SSSR count). The van der Waals surface area contributed by atoms with Gasteiger partial charge in [-0.2, -0.15) is 0 Å². The van der Waals surface area contributed by atoms with Crippen molar-refractivity contribution in [3.63, 3.8) is 0 Å². The summed E-state index contributed by atoms with van der Waals surface area (Å²) in [7, 11) is -0.968. The van der Waals surface area contributed by atoms with E-state index in [1.807, 2.05) is 6.92 Å². The minimum absolute atomic E-state index is 0.189. The lowest BCUT2D eigenvalue weighted by Crippen LogP contribution is -2.31. The number of carbonyl (C=O) groups excluding carboxylic acids is 2. The van der Waals surface area contributed by atoms with E-state index in [2.05, 4.69) is 0 Å². The van der Waals surface area contributed by atoms with Crippen molar-refractivity contribution >= 4 is 20.3 Å². The topological polar surface area (TPSA) is 34.1 Å². The zero-order valence-electron chi connectivity index (χ0n) is 5.52. The molecular weight excluding hydrogens is 132 g/mol. The van der Waals surface area contributed by atoms with Crippen molar-refractivity contribution in [2.75, 3.05) is 0 Å². The summed E-state index contributed by atoms with van der Waals surface area (Å²) in [5.41, 5.74) is 0. The molecule has 2 nitrogen and oxygen atoms in total. The summed E-state index contributed by atoms with van der Waals surface area (Å²) in [4.78, 5) is 21.5. The average Bonchev–Trinajstić information content (AvgIpc) is 1.80. The number of hydrogen-bond acceptors (Lipinski definition) is 2. The molecular formula is C6H10O2Si. The molecule has 0 radical (unpaired) electrons. The van der Waals surface area contributed by atoms with Crippen molar-refractivity contribution in [1.29, 1.82) is 0 Å². The average molecular weight is 142 g/mol. The van der Waals surface area contributed by atoms with Crippen LogP contribution in [0.2, 0.25) is 0 Å². The van der Waals surface area contributed by atoms with Gasteiger partial charge in [-0.1, -0.05) is 6.92 Å². The first kappa shape index (κ1) is 6.67. The summed E-state index contributed by atoms with van der Waals surface area (Å²) >= 11 is 0. The zero-order chi connectivity index (χ0) is 6.85. The maximum Gasteiger partial charge on any atom is 0.178 e. The van der Waals surface area contributed by atoms with E-state index < -0.39 is 9.52 Å². The second kappa shape index (κ2) is 2.43. The normalized spacial score (nSPS) is 31.4. The number of carbonyl (C=O) groups is 2. The second-order valence-electron chi connectivity index (χ2n) is 2.62. The summed E-state index contributed by atoms with van der Waals surface area (Å²) in [6, 6.07) is 0. The third kappa shape index (κ3) is 1.48. The molecule has 0 aromatic rings. The third-order valence-electron chi connectivity index (χ3n) is 1.78. The fourth-order valence-corrected chi connectivity index (χ4v) is 2.32. The van der Waals surface area contributed by atoms with Crippen molar-refractivity contribution < 1.29 is 9.59 Å². The quantitative estimate of drug-likeness (QED) is 0.433. The van der Waals surface area contributed by atoms with Gasteiger partial charge in [-0.3, -0.25) is 0 Å². The Morgan fingerprint density at radius 2 is 2.22 bits per heavy atom. The lowest BCUT2D eigenvalue weighted by Gasteiger charge is -2.13. The highest BCUT2D eigenvalue weighted by atomic mass is 28.2. The fraction of sp³-hybridized carbons (Fsp3) is 0.667. The molecule has 1 unspecified atom stereocenters. The predicted octanol–water partition coefficient (Wildman–Crippen LogP) is -0.362. The maximum atomic E-state index is 10.8. The van der Waals surface area contributed by atoms with E-state index in [1.54, 1.807) is 0 Å². The van der Waals surface area contributed by atoms with Gasteiger partial charge in [0, 0.05) is 12.3 Å². The van der Waals surface area contributed by atoms with Gasteiger partial charge < -0.3 is 9.59 Å². The molecule has 0 aromatic heterocycles. The van der Waals surface area contributed by atoms with E-state index in [9.17, 15) is 9.59 Å². The van der Waals surface area contributed by atoms with Gasteiger partial charge in [-0.25, -0.2) is 0 Å². The van der Waals surface area contributed by atoms with Gasteiger partial charge in [0.05, 0.1) is 0 Å². The number of rotatable bonds is 0. The van der Waals surface area contributed by atoms with Crippen molar-refractivity contribution in [2.45, 2.75) is 19.8 Å². The molecule has 1 aliphatic rings. The molecule has 1 fully saturated rings. The Morgan fingerprint density at radius 3 is 2.67 bits per heavy atom. The fourth-order valence-electron chi connectivity index (χ4n) is 0.995. The highest BCUT2D eigenvalue weighted by Crippen LogP contribution is 2.11. The van der Waals surface area contributed by atoms with Crippen molar-refractivity contribution in [3.8, 4) is 0 Å². The van der Waals surface area contributed by atoms with Gasteiger partial charge in [0.25, 0.3) is 0 Å². The van der Waals surface area contributed by atoms with E-state index in [1.165, 1.54) is 0 Å². The van der Waals surface area contributed by atoms with Crippen LogP contribution >= 0.6 is 0 Å². The first-order valence-corrected chi connectivity index (χ1v) is 4.66. The molecule has 1 saturated heterocycles. The third-order valence-corrected chi connectivity index (χ3v) is 3.57. The Bertz CT molecular complexity index is 153. The molecule has 1 heterocycles. The van der Waals surface area contributed by atoms with Crippen LogP contribution < -0.4 is 0 Å². The molecule has 3 heteroatoms. The van der Waals surface area contributed by atoms with Gasteiger partial charge in [0.15, 0.2) is 9.52 Å². The van der Waals surface area contributed by atoms with Gasteiger partial charge in [0.2, 0.25) is 0 Å². The lowest BCUT2D eigenvalue weighted by molar-refractivity contribution is -0.119. The lowest BCUT2D eigenvalue weighted by atomic mass is 10.1. The Morgan fingerprint density at radius 1 is 1.56 bits per heavy atom. The summed E-state index contributed by atoms with van der Waals surface area (Å²) in [6.07, 6.45) is 1.46. The van der Waals surface area contributed by atoms with E-state index in [4.69, 9.17) is 0 Å². The van der Waals surface area contributed by atoms with Crippen LogP contribution in [0.1, 0.15) is 19.8 Å². The van der Waals surface area contributed by atoms with E-state index in [-0.39, 0.29) is 16.7 Å². The molecule has 0 amide bonds. The smallest absolute Gasteiger partial charge is 0.178 e. The first-order chi connectivity index (χ1) is 4.20. The minimum Gasteiger partial charge on any atom is -0.306 e. The maximum absolute atomic E-state index is 10.8. The van der Waals surface area contributed by atoms with Crippen LogP contribution in [0.4, 0.5) is 0 Å². The van der Waals surface area contributed by atoms with Gasteiger partial charge in [0.1, 0.15) is 10.8 Å². The molecule has 0 bridgehead atoms. The van der Waals surface area contributed by atoms with E-state index in [0.717, 1.165) is 6.42 Å². The second-order valence-corrected chi connectivity index (χ2v) is 4.46. The van der Waals surface area contributed by atoms with Crippen LogP contribution in [-0.4, -0.2) is 20.3 Å². The van der Waals surface area contributed by atoms with Crippen LogP contribution in [0, 0.1) is 5.92 Å². The van der Waals surface area contributed by atoms with Crippen LogP contribution in [0.3, 0.4) is 0 Å². The first-order valence-electron chi connectivity index (χ1n) is 3.24. The van der Waals surface area contributed by atoms with Crippen LogP contribution in [0.5, 0.6) is 0 Å². The van der Waals surface area contributed by atoms with Gasteiger partial charge in [-0.05, 0) is 6.42 Å². The largest absolute Gasteiger partial charge is 0.306 e. The zero-order valence-corrected chi connectivity index (χ0v) is 6.93. The standard InChI is InChI=1S/C6H10O2Si/c1-4-2-3-5(7)9-6(4)8/h4H,2-3,9H2,1H3. The highest BCUT2D eigenvalue weighted by molar-refractivity contribution is 6.97. The van der Waals surface area contributed by atoms with Crippen LogP contribution in [0.15, 0.2) is 0 Å². The van der Waals surface area contributed by atoms with Gasteiger partial charge in [-0.15, -0.1) is 0 Å². The molecule has 1 aliphatic heterocycles. The summed E-state index contributed by atoms with van der Waals surface area (Å²) in [6.45, 7) is 1.92. The molecule has 1 atom stereocenters. The van der Waals surface area contributed by atoms with Crippen molar-refractivity contribution in [2.24, 2.45) is 5.92 Å². The minimum atomic E-state index is -0.968. The monoisotopic (exact) mass is 142 g/mol. The molecule has 50 valence electrons. The number of hydrogen-bond donors (Lipinski definition) is 0.